The number of urea groups is 1. The summed E-state index contributed by atoms with van der Waals surface area (Å²) < 4.78 is 27.5. The summed E-state index contributed by atoms with van der Waals surface area (Å²) in [5, 5.41) is 8.32. The number of imide groups is 1. The van der Waals surface area contributed by atoms with Gasteiger partial charge in [-0.05, 0) is 19.4 Å². The van der Waals surface area contributed by atoms with Gasteiger partial charge in [0.05, 0.1) is 35.8 Å². The summed E-state index contributed by atoms with van der Waals surface area (Å²) in [4.78, 5) is 51.6. The van der Waals surface area contributed by atoms with Crippen LogP contribution >= 0.6 is 44.2 Å². The zero-order valence-electron chi connectivity index (χ0n) is 18.3. The van der Waals surface area contributed by atoms with Crippen molar-refractivity contribution in [3.8, 4) is 0 Å². The van der Waals surface area contributed by atoms with Crippen LogP contribution in [-0.2, 0) is 19.2 Å². The molecule has 2 unspecified atom stereocenters. The van der Waals surface area contributed by atoms with E-state index in [2.05, 4.69) is 16.0 Å². The van der Waals surface area contributed by atoms with E-state index in [1.807, 2.05) is 11.8 Å². The van der Waals surface area contributed by atoms with E-state index < -0.39 is 40.3 Å². The summed E-state index contributed by atoms with van der Waals surface area (Å²) >= 11 is 1.93. The highest BCUT2D eigenvalue weighted by Gasteiger charge is 2.49. The van der Waals surface area contributed by atoms with Gasteiger partial charge in [-0.15, -0.1) is 5.06 Å². The molecule has 0 aromatic rings. The summed E-state index contributed by atoms with van der Waals surface area (Å²) in [5.74, 6) is -0.583. The molecule has 4 atom stereocenters. The first-order valence-corrected chi connectivity index (χ1v) is 16.0. The summed E-state index contributed by atoms with van der Waals surface area (Å²) in [6, 6.07) is 0.473. The molecule has 3 aliphatic rings. The second-order valence-corrected chi connectivity index (χ2v) is 13.7. The van der Waals surface area contributed by atoms with Gasteiger partial charge in [-0.3, -0.25) is 9.59 Å². The van der Waals surface area contributed by atoms with Crippen LogP contribution < -0.4 is 16.0 Å². The number of thioether (sulfide) groups is 1. The average molecular weight is 559 g/mol. The largest absolute Gasteiger partial charge is 0.334 e. The van der Waals surface area contributed by atoms with Crippen molar-refractivity contribution in [1.29, 1.82) is 0 Å². The average Bonchev–Trinajstić information content (AvgIpc) is 3.40. The molecule has 3 fully saturated rings. The van der Waals surface area contributed by atoms with Gasteiger partial charge in [0.1, 0.15) is 5.25 Å². The predicted molar refractivity (Wildman–Crippen MR) is 134 cm³/mol. The molecular weight excluding hydrogens is 528 g/mol. The second-order valence-electron chi connectivity index (χ2n) is 8.01. The maximum Gasteiger partial charge on any atom is 0.334 e. The number of hydrogen-bond acceptors (Lipinski definition) is 12. The number of amides is 4. The third-order valence-electron chi connectivity index (χ3n) is 5.50. The Hall–Kier alpha value is -0.880. The van der Waals surface area contributed by atoms with Gasteiger partial charge in [0.15, 0.2) is 0 Å². The molecule has 3 rings (SSSR count). The van der Waals surface area contributed by atoms with Crippen LogP contribution in [0.15, 0.2) is 0 Å². The lowest BCUT2D eigenvalue weighted by atomic mass is 10.0. The van der Waals surface area contributed by atoms with Crippen molar-refractivity contribution in [2.75, 3.05) is 30.3 Å². The van der Waals surface area contributed by atoms with Crippen LogP contribution in [0.1, 0.15) is 32.1 Å². The molecule has 6 N–H and O–H groups in total. The first kappa shape index (κ1) is 27.7. The van der Waals surface area contributed by atoms with Crippen LogP contribution in [0, 0.1) is 0 Å². The Morgan fingerprint density at radius 2 is 1.91 bits per heavy atom. The molecule has 0 aliphatic carbocycles. The molecule has 0 saturated carbocycles. The van der Waals surface area contributed by atoms with E-state index in [-0.39, 0.29) is 29.6 Å². The lowest BCUT2D eigenvalue weighted by Crippen LogP contribution is -2.36. The molecule has 0 bridgehead atoms. The molecule has 0 aromatic carbocycles. The van der Waals surface area contributed by atoms with Gasteiger partial charge in [0.2, 0.25) is 0 Å². The minimum atomic E-state index is -4.23. The molecule has 16 heteroatoms. The van der Waals surface area contributed by atoms with Gasteiger partial charge < -0.3 is 34.4 Å². The third kappa shape index (κ3) is 7.81. The maximum atomic E-state index is 11.9. The Bertz CT molecular complexity index is 771. The van der Waals surface area contributed by atoms with E-state index in [0.717, 1.165) is 43.9 Å². The van der Waals surface area contributed by atoms with Crippen molar-refractivity contribution in [1.82, 2.24) is 21.0 Å². The Morgan fingerprint density at radius 1 is 1.15 bits per heavy atom. The van der Waals surface area contributed by atoms with E-state index in [9.17, 15) is 32.8 Å². The Kier molecular flexibility index (Phi) is 10.5. The smallest absolute Gasteiger partial charge is 0.332 e. The number of rotatable bonds is 14. The Labute approximate surface area is 211 Å². The Morgan fingerprint density at radius 3 is 2.65 bits per heavy atom. The first-order valence-electron chi connectivity index (χ1n) is 10.9. The fourth-order valence-electron chi connectivity index (χ4n) is 3.79. The number of nitrogens with one attached hydrogen (secondary N) is 3. The fourth-order valence-corrected chi connectivity index (χ4v) is 7.99. The molecular formula is C18H30N4O8S4. The summed E-state index contributed by atoms with van der Waals surface area (Å²) in [7, 11) is -1.17. The SMILES string of the molecule is O=C1N[C@H]2CSC(CCCCNCCSSCCC(=O)ON3C(=O)CC(S(O)(O)O)C3=O)[C@H]2N1. The highest BCUT2D eigenvalue weighted by Crippen LogP contribution is 2.44. The van der Waals surface area contributed by atoms with Gasteiger partial charge in [0.25, 0.3) is 11.8 Å². The number of nitrogens with zero attached hydrogens (tertiary/aromatic N) is 1. The number of hydrogen-bond donors (Lipinski definition) is 6. The molecule has 4 amide bonds. The molecule has 3 heterocycles. The van der Waals surface area contributed by atoms with Crippen LogP contribution in [-0.4, -0.2) is 95.5 Å². The quantitative estimate of drug-likeness (QED) is 0.0784. The van der Waals surface area contributed by atoms with E-state index in [1.165, 1.54) is 10.8 Å². The maximum absolute atomic E-state index is 11.9. The molecule has 0 spiro atoms. The van der Waals surface area contributed by atoms with Crippen molar-refractivity contribution in [3.63, 3.8) is 0 Å². The standard InChI is InChI=1S/C18H30N4O8S4/c23-14-9-13(34(27,28)29)17(25)22(14)30-15(24)4-7-32-33-8-6-19-5-2-1-3-12-16-11(10-31-12)20-18(26)21-16/h11-13,16,19,27-29H,1-10H2,(H2,20,21,26)/t11-,12?,13?,16-/m0/s1. The molecule has 34 heavy (non-hydrogen) atoms. The lowest BCUT2D eigenvalue weighted by Gasteiger charge is -2.23. The van der Waals surface area contributed by atoms with Crippen molar-refractivity contribution >= 4 is 68.0 Å². The van der Waals surface area contributed by atoms with Crippen LogP contribution in [0.2, 0.25) is 0 Å². The molecule has 3 aliphatic heterocycles. The number of carbonyl (C=O) groups is 4. The van der Waals surface area contributed by atoms with E-state index >= 15 is 0 Å². The number of hydroxylamine groups is 2. The van der Waals surface area contributed by atoms with Crippen LogP contribution in [0.5, 0.6) is 0 Å². The number of unbranched alkanes of at least 4 members (excludes halogenated alkanes) is 1. The van der Waals surface area contributed by atoms with E-state index in [4.69, 9.17) is 4.84 Å². The molecule has 0 aromatic heterocycles. The van der Waals surface area contributed by atoms with Gasteiger partial charge in [-0.2, -0.15) is 11.8 Å². The minimum absolute atomic E-state index is 0.0286. The molecule has 3 saturated heterocycles. The summed E-state index contributed by atoms with van der Waals surface area (Å²) in [6.07, 6.45) is 2.61. The number of fused-ring (bicyclic) bond motifs is 1. The van der Waals surface area contributed by atoms with E-state index in [0.29, 0.717) is 11.0 Å². The van der Waals surface area contributed by atoms with Crippen molar-refractivity contribution in [3.05, 3.63) is 0 Å². The monoisotopic (exact) mass is 558 g/mol. The van der Waals surface area contributed by atoms with E-state index in [1.54, 1.807) is 10.8 Å². The van der Waals surface area contributed by atoms with Gasteiger partial charge in [0, 0.05) is 29.1 Å². The predicted octanol–water partition coefficient (Wildman–Crippen LogP) is 1.49. The van der Waals surface area contributed by atoms with Crippen molar-refractivity contribution in [2.45, 2.75) is 54.7 Å². The highest BCUT2D eigenvalue weighted by molar-refractivity contribution is 8.76. The minimum Gasteiger partial charge on any atom is -0.332 e. The summed E-state index contributed by atoms with van der Waals surface area (Å²) in [6.45, 7) is 1.75. The summed E-state index contributed by atoms with van der Waals surface area (Å²) in [5.41, 5.74) is 0. The topological polar surface area (TPSA) is 178 Å². The van der Waals surface area contributed by atoms with Crippen molar-refractivity contribution < 1.29 is 37.7 Å². The zero-order chi connectivity index (χ0) is 24.7. The van der Waals surface area contributed by atoms with Crippen LogP contribution in [0.3, 0.4) is 0 Å². The third-order valence-corrected chi connectivity index (χ3v) is 10.6. The fraction of sp³-hybridized carbons (Fsp3) is 0.778. The molecule has 0 radical (unpaired) electrons. The highest BCUT2D eigenvalue weighted by atomic mass is 33.1. The number of carbonyl (C=O) groups excluding carboxylic acids is 4. The van der Waals surface area contributed by atoms with Gasteiger partial charge in [-0.1, -0.05) is 28.0 Å². The van der Waals surface area contributed by atoms with Crippen LogP contribution in [0.25, 0.3) is 0 Å². The van der Waals surface area contributed by atoms with Gasteiger partial charge >= 0.3 is 12.0 Å². The normalized spacial score (nSPS) is 27.0. The van der Waals surface area contributed by atoms with Crippen molar-refractivity contribution in [2.24, 2.45) is 0 Å². The molecule has 12 nitrogen and oxygen atoms in total. The molecule has 194 valence electrons. The second kappa shape index (κ2) is 12.9. The first-order chi connectivity index (χ1) is 16.2. The van der Waals surface area contributed by atoms with Gasteiger partial charge in [-0.25, -0.2) is 9.59 Å². The zero-order valence-corrected chi connectivity index (χ0v) is 21.6. The lowest BCUT2D eigenvalue weighted by molar-refractivity contribution is -0.197. The Balaban J connectivity index is 1.14. The van der Waals surface area contributed by atoms with Crippen LogP contribution in [0.4, 0.5) is 4.79 Å².